The summed E-state index contributed by atoms with van der Waals surface area (Å²) in [4.78, 5) is 29.0. The molecule has 0 aromatic carbocycles. The van der Waals surface area contributed by atoms with Crippen LogP contribution in [0.15, 0.2) is 5.38 Å². The molecule has 0 radical (unpaired) electrons. The number of aromatic nitrogens is 1. The van der Waals surface area contributed by atoms with Crippen LogP contribution in [0.3, 0.4) is 0 Å². The number of amides is 1. The molecule has 6 nitrogen and oxygen atoms in total. The minimum Gasteiger partial charge on any atom is -0.475 e. The van der Waals surface area contributed by atoms with Gasteiger partial charge in [0.2, 0.25) is 5.91 Å². The van der Waals surface area contributed by atoms with Crippen LogP contribution >= 0.6 is 11.3 Å². The fraction of sp³-hybridized carbons (Fsp3) is 0.783. The molecule has 33 heavy (non-hydrogen) atoms. The number of anilines is 1. The molecule has 0 bridgehead atoms. The highest BCUT2D eigenvalue weighted by atomic mass is 32.1. The molecular weight excluding hydrogens is 455 g/mol. The van der Waals surface area contributed by atoms with Crippen LogP contribution in [0.4, 0.5) is 18.3 Å². The number of carboxylic acid groups (broad SMARTS) is 1. The lowest BCUT2D eigenvalue weighted by atomic mass is 9.72. The summed E-state index contributed by atoms with van der Waals surface area (Å²) in [7, 11) is 0. The minimum absolute atomic E-state index is 0.0564. The Morgan fingerprint density at radius 1 is 1.12 bits per heavy atom. The Bertz CT molecular complexity index is 811. The molecule has 10 heteroatoms. The number of carbonyl (C=O) groups excluding carboxylic acids is 1. The molecule has 2 heterocycles. The second-order valence-corrected chi connectivity index (χ2v) is 11.0. The number of carbonyl (C=O) groups is 2. The van der Waals surface area contributed by atoms with E-state index in [1.54, 1.807) is 11.3 Å². The van der Waals surface area contributed by atoms with Gasteiger partial charge in [-0.05, 0) is 63.3 Å². The summed E-state index contributed by atoms with van der Waals surface area (Å²) in [5.74, 6) is -2.01. The van der Waals surface area contributed by atoms with Gasteiger partial charge < -0.3 is 10.4 Å². The highest BCUT2D eigenvalue weighted by Gasteiger charge is 2.38. The third-order valence-electron chi connectivity index (χ3n) is 7.14. The Kier molecular flexibility index (Phi) is 8.42. The van der Waals surface area contributed by atoms with Gasteiger partial charge in [-0.3, -0.25) is 9.69 Å². The third kappa shape index (κ3) is 7.15. The summed E-state index contributed by atoms with van der Waals surface area (Å²) in [5.41, 5.74) is 1.68. The molecule has 2 saturated carbocycles. The number of nitrogens with one attached hydrogen (secondary N) is 1. The van der Waals surface area contributed by atoms with Crippen LogP contribution in [0.25, 0.3) is 0 Å². The van der Waals surface area contributed by atoms with E-state index < -0.39 is 12.1 Å². The maximum absolute atomic E-state index is 12.9. The van der Waals surface area contributed by atoms with Gasteiger partial charge in [0.25, 0.3) is 0 Å². The van der Waals surface area contributed by atoms with Gasteiger partial charge in [0.15, 0.2) is 5.13 Å². The van der Waals surface area contributed by atoms with Gasteiger partial charge in [-0.2, -0.15) is 13.2 Å². The average molecular weight is 490 g/mol. The van der Waals surface area contributed by atoms with Crippen molar-refractivity contribution in [2.45, 2.75) is 102 Å². The van der Waals surface area contributed by atoms with E-state index in [0.717, 1.165) is 24.5 Å². The van der Waals surface area contributed by atoms with Crippen LogP contribution in [-0.2, 0) is 9.59 Å². The highest BCUT2D eigenvalue weighted by molar-refractivity contribution is 7.13. The predicted octanol–water partition coefficient (Wildman–Crippen LogP) is 5.81. The predicted molar refractivity (Wildman–Crippen MR) is 121 cm³/mol. The summed E-state index contributed by atoms with van der Waals surface area (Å²) in [6.07, 6.45) is 7.24. The van der Waals surface area contributed by atoms with Crippen LogP contribution in [0.5, 0.6) is 0 Å². The second kappa shape index (κ2) is 10.7. The Morgan fingerprint density at radius 2 is 1.73 bits per heavy atom. The Morgan fingerprint density at radius 3 is 2.30 bits per heavy atom. The molecule has 186 valence electrons. The van der Waals surface area contributed by atoms with Crippen molar-refractivity contribution in [1.29, 1.82) is 0 Å². The summed E-state index contributed by atoms with van der Waals surface area (Å²) in [6.45, 7) is 5.82. The Labute approximate surface area is 197 Å². The first-order valence-corrected chi connectivity index (χ1v) is 12.7. The Balaban J connectivity index is 0.000000383. The summed E-state index contributed by atoms with van der Waals surface area (Å²) in [6, 6.07) is 0.687. The standard InChI is InChI=1S/C21H33N3OS.C2HF3O2/c1-21(2)11-9-15(10-12-21)17-14-26-20(22-17)23-19(25)18-8-5-13-24(18)16-6-3-4-7-16;3-2(4,5)1(6)7/h14-16,18H,3-13H2,1-2H3,(H,22,23,25);(H,6,7). The van der Waals surface area contributed by atoms with Crippen LogP contribution in [0.1, 0.15) is 89.7 Å². The lowest BCUT2D eigenvalue weighted by Gasteiger charge is -2.33. The van der Waals surface area contributed by atoms with Crippen LogP contribution in [0.2, 0.25) is 0 Å². The number of hydrogen-bond acceptors (Lipinski definition) is 5. The first kappa shape index (κ1) is 25.9. The first-order chi connectivity index (χ1) is 15.5. The average Bonchev–Trinajstić information content (AvgIpc) is 3.49. The molecule has 3 fully saturated rings. The maximum Gasteiger partial charge on any atom is 0.490 e. The number of nitrogens with zero attached hydrogens (tertiary/aromatic N) is 2. The van der Waals surface area contributed by atoms with E-state index in [1.165, 1.54) is 57.1 Å². The SMILES string of the molecule is CC1(C)CCC(c2csc(NC(=O)C3CCCN3C3CCCC3)n2)CC1.O=C(O)C(F)(F)F. The smallest absolute Gasteiger partial charge is 0.475 e. The number of alkyl halides is 3. The van der Waals surface area contributed by atoms with E-state index in [2.05, 4.69) is 29.4 Å². The van der Waals surface area contributed by atoms with Crippen LogP contribution in [0, 0.1) is 5.41 Å². The molecule has 1 amide bonds. The molecular formula is C23H34F3N3O3S. The lowest BCUT2D eigenvalue weighted by Crippen LogP contribution is -2.44. The van der Waals surface area contributed by atoms with Crippen molar-refractivity contribution in [3.8, 4) is 0 Å². The monoisotopic (exact) mass is 489 g/mol. The maximum atomic E-state index is 12.9. The van der Waals surface area contributed by atoms with Gasteiger partial charge in [-0.15, -0.1) is 11.3 Å². The zero-order chi connectivity index (χ0) is 24.2. The van der Waals surface area contributed by atoms with Crippen LogP contribution < -0.4 is 5.32 Å². The zero-order valence-electron chi connectivity index (χ0n) is 19.3. The molecule has 1 unspecified atom stereocenters. The van der Waals surface area contributed by atoms with E-state index in [4.69, 9.17) is 14.9 Å². The summed E-state index contributed by atoms with van der Waals surface area (Å²) < 4.78 is 31.7. The molecule has 1 aliphatic heterocycles. The normalized spacial score (nSPS) is 24.3. The molecule has 2 N–H and O–H groups in total. The number of rotatable bonds is 4. The number of hydrogen-bond donors (Lipinski definition) is 2. The van der Waals surface area contributed by atoms with E-state index in [9.17, 15) is 18.0 Å². The number of aliphatic carboxylic acids is 1. The van der Waals surface area contributed by atoms with Crippen LogP contribution in [-0.4, -0.2) is 51.7 Å². The molecule has 3 aliphatic rings. The van der Waals surface area contributed by atoms with E-state index in [-0.39, 0.29) is 11.9 Å². The van der Waals surface area contributed by atoms with Crippen molar-refractivity contribution in [3.05, 3.63) is 11.1 Å². The largest absolute Gasteiger partial charge is 0.490 e. The number of likely N-dealkylation sites (tertiary alicyclic amines) is 1. The van der Waals surface area contributed by atoms with Gasteiger partial charge in [-0.25, -0.2) is 9.78 Å². The summed E-state index contributed by atoms with van der Waals surface area (Å²) in [5, 5.41) is 13.2. The fourth-order valence-electron chi connectivity index (χ4n) is 5.16. The molecule has 0 spiro atoms. The van der Waals surface area contributed by atoms with Gasteiger partial charge in [0.05, 0.1) is 11.7 Å². The topological polar surface area (TPSA) is 82.5 Å². The molecule has 4 rings (SSSR count). The van der Waals surface area contributed by atoms with E-state index in [1.807, 2.05) is 0 Å². The molecule has 1 aromatic heterocycles. The lowest BCUT2D eigenvalue weighted by molar-refractivity contribution is -0.192. The second-order valence-electron chi connectivity index (χ2n) is 10.1. The third-order valence-corrected chi connectivity index (χ3v) is 7.92. The Hall–Kier alpha value is -1.68. The summed E-state index contributed by atoms with van der Waals surface area (Å²) >= 11 is 1.60. The van der Waals surface area contributed by atoms with Gasteiger partial charge in [0, 0.05) is 17.3 Å². The van der Waals surface area contributed by atoms with Gasteiger partial charge in [0.1, 0.15) is 0 Å². The zero-order valence-corrected chi connectivity index (χ0v) is 20.1. The van der Waals surface area contributed by atoms with Crippen molar-refractivity contribution >= 4 is 28.3 Å². The quantitative estimate of drug-likeness (QED) is 0.558. The molecule has 1 atom stereocenters. The first-order valence-electron chi connectivity index (χ1n) is 11.8. The fourth-order valence-corrected chi connectivity index (χ4v) is 5.95. The van der Waals surface area contributed by atoms with Gasteiger partial charge in [-0.1, -0.05) is 26.7 Å². The van der Waals surface area contributed by atoms with Crippen molar-refractivity contribution in [2.24, 2.45) is 5.41 Å². The highest BCUT2D eigenvalue weighted by Crippen LogP contribution is 2.42. The van der Waals surface area contributed by atoms with E-state index >= 15 is 0 Å². The molecule has 1 saturated heterocycles. The molecule has 1 aromatic rings. The van der Waals surface area contributed by atoms with Crippen molar-refractivity contribution in [2.75, 3.05) is 11.9 Å². The molecule has 2 aliphatic carbocycles. The number of halogens is 3. The van der Waals surface area contributed by atoms with Gasteiger partial charge >= 0.3 is 12.1 Å². The van der Waals surface area contributed by atoms with E-state index in [0.29, 0.717) is 17.4 Å². The number of thiazole rings is 1. The minimum atomic E-state index is -5.08. The number of carboxylic acids is 1. The van der Waals surface area contributed by atoms with Crippen molar-refractivity contribution < 1.29 is 27.9 Å². The van der Waals surface area contributed by atoms with Crippen molar-refractivity contribution in [3.63, 3.8) is 0 Å². The van der Waals surface area contributed by atoms with Crippen molar-refractivity contribution in [1.82, 2.24) is 9.88 Å².